The highest BCUT2D eigenvalue weighted by Crippen LogP contribution is 2.32. The Morgan fingerprint density at radius 1 is 1.31 bits per heavy atom. The monoisotopic (exact) mass is 428 g/mol. The summed E-state index contributed by atoms with van der Waals surface area (Å²) in [6.07, 6.45) is 3.22. The van der Waals surface area contributed by atoms with Crippen molar-refractivity contribution in [2.24, 2.45) is 5.92 Å². The third-order valence-corrected chi connectivity index (χ3v) is 4.70. The van der Waals surface area contributed by atoms with Crippen molar-refractivity contribution in [3.63, 3.8) is 0 Å². The van der Waals surface area contributed by atoms with Crippen molar-refractivity contribution in [1.29, 1.82) is 0 Å². The summed E-state index contributed by atoms with van der Waals surface area (Å²) in [7, 11) is 1.32. The quantitative estimate of drug-likeness (QED) is 0.435. The predicted octanol–water partition coefficient (Wildman–Crippen LogP) is 3.63. The van der Waals surface area contributed by atoms with Gasteiger partial charge in [-0.3, -0.25) is 4.79 Å². The normalized spacial score (nSPS) is 11.2. The number of thioether (sulfide) groups is 1. The van der Waals surface area contributed by atoms with E-state index in [2.05, 4.69) is 38.7 Å². The number of para-hydroxylation sites is 1. The largest absolute Gasteiger partial charge is 0.493 e. The first-order valence-corrected chi connectivity index (χ1v) is 10.5. The Labute approximate surface area is 173 Å². The number of carbonyl (C=O) groups is 1. The van der Waals surface area contributed by atoms with E-state index in [1.807, 2.05) is 6.26 Å². The van der Waals surface area contributed by atoms with Gasteiger partial charge in [0, 0.05) is 19.5 Å². The molecular formula is C19H26F2N4O3S. The molecule has 2 rings (SSSR count). The average molecular weight is 429 g/mol. The van der Waals surface area contributed by atoms with Crippen molar-refractivity contribution in [3.05, 3.63) is 29.6 Å². The third kappa shape index (κ3) is 6.31. The van der Waals surface area contributed by atoms with Gasteiger partial charge in [-0.25, -0.2) is 0 Å². The maximum Gasteiger partial charge on any atom is 0.387 e. The van der Waals surface area contributed by atoms with Crippen LogP contribution in [0.25, 0.3) is 0 Å². The van der Waals surface area contributed by atoms with Gasteiger partial charge in [-0.2, -0.15) is 8.78 Å². The molecule has 7 nitrogen and oxygen atoms in total. The number of benzene rings is 1. The Morgan fingerprint density at radius 2 is 2.07 bits per heavy atom. The number of hydrogen-bond donors (Lipinski definition) is 1. The number of methoxy groups -OCH3 is 1. The SMILES string of the molecule is COc1cccc(C(=O)NCCCc2nnc(SC)n2CC(C)C)c1OC(F)F. The maximum atomic E-state index is 12.7. The van der Waals surface area contributed by atoms with Gasteiger partial charge in [0.15, 0.2) is 16.7 Å². The Bertz CT molecular complexity index is 815. The van der Waals surface area contributed by atoms with Crippen LogP contribution >= 0.6 is 11.8 Å². The van der Waals surface area contributed by atoms with E-state index in [0.29, 0.717) is 25.3 Å². The highest BCUT2D eigenvalue weighted by molar-refractivity contribution is 7.98. The van der Waals surface area contributed by atoms with Crippen LogP contribution in [0.1, 0.15) is 36.5 Å². The fourth-order valence-electron chi connectivity index (χ4n) is 2.81. The van der Waals surface area contributed by atoms with Gasteiger partial charge >= 0.3 is 6.61 Å². The molecule has 0 radical (unpaired) electrons. The van der Waals surface area contributed by atoms with E-state index in [1.54, 1.807) is 17.8 Å². The highest BCUT2D eigenvalue weighted by atomic mass is 32.2. The molecule has 0 atom stereocenters. The number of rotatable bonds is 11. The summed E-state index contributed by atoms with van der Waals surface area (Å²) < 4.78 is 37.0. The van der Waals surface area contributed by atoms with E-state index in [-0.39, 0.29) is 17.1 Å². The fourth-order valence-corrected chi connectivity index (χ4v) is 3.34. The Kier molecular flexibility index (Phi) is 8.69. The molecule has 1 heterocycles. The van der Waals surface area contributed by atoms with Crippen molar-refractivity contribution in [1.82, 2.24) is 20.1 Å². The number of carbonyl (C=O) groups excluding carboxylic acids is 1. The van der Waals surface area contributed by atoms with Crippen LogP contribution in [0.5, 0.6) is 11.5 Å². The summed E-state index contributed by atoms with van der Waals surface area (Å²) in [4.78, 5) is 12.5. The number of nitrogens with one attached hydrogen (secondary N) is 1. The number of amides is 1. The lowest BCUT2D eigenvalue weighted by molar-refractivity contribution is -0.0515. The topological polar surface area (TPSA) is 78.3 Å². The molecule has 0 aliphatic heterocycles. The lowest BCUT2D eigenvalue weighted by Crippen LogP contribution is -2.26. The molecular weight excluding hydrogens is 402 g/mol. The van der Waals surface area contributed by atoms with Gasteiger partial charge in [0.05, 0.1) is 12.7 Å². The van der Waals surface area contributed by atoms with E-state index in [4.69, 9.17) is 4.74 Å². The first-order valence-electron chi connectivity index (χ1n) is 9.23. The maximum absolute atomic E-state index is 12.7. The van der Waals surface area contributed by atoms with Crippen molar-refractivity contribution < 1.29 is 23.0 Å². The van der Waals surface area contributed by atoms with Gasteiger partial charge in [-0.05, 0) is 30.7 Å². The fraction of sp³-hybridized carbons (Fsp3) is 0.526. The second-order valence-electron chi connectivity index (χ2n) is 6.68. The molecule has 1 N–H and O–H groups in total. The van der Waals surface area contributed by atoms with Crippen molar-refractivity contribution in [3.8, 4) is 11.5 Å². The minimum atomic E-state index is -3.06. The molecule has 1 aromatic heterocycles. The number of alkyl halides is 2. The van der Waals surface area contributed by atoms with Gasteiger partial charge in [0.25, 0.3) is 5.91 Å². The first kappa shape index (κ1) is 22.9. The van der Waals surface area contributed by atoms with Gasteiger partial charge in [0.2, 0.25) is 0 Å². The number of hydrogen-bond acceptors (Lipinski definition) is 6. The van der Waals surface area contributed by atoms with Crippen LogP contribution in [0.4, 0.5) is 8.78 Å². The van der Waals surface area contributed by atoms with Gasteiger partial charge in [0.1, 0.15) is 5.82 Å². The summed E-state index contributed by atoms with van der Waals surface area (Å²) in [5.74, 6) is 0.609. The number of ether oxygens (including phenoxy) is 2. The zero-order valence-electron chi connectivity index (χ0n) is 16.9. The molecule has 2 aromatic rings. The predicted molar refractivity (Wildman–Crippen MR) is 107 cm³/mol. The Hall–Kier alpha value is -2.36. The molecule has 29 heavy (non-hydrogen) atoms. The van der Waals surface area contributed by atoms with E-state index in [1.165, 1.54) is 19.2 Å². The van der Waals surface area contributed by atoms with Crippen molar-refractivity contribution in [2.45, 2.75) is 45.0 Å². The minimum absolute atomic E-state index is 0.00251. The second kappa shape index (κ2) is 11.0. The molecule has 1 amide bonds. The Balaban J connectivity index is 1.98. The van der Waals surface area contributed by atoms with Crippen LogP contribution in [-0.4, -0.2) is 47.2 Å². The van der Waals surface area contributed by atoms with Gasteiger partial charge in [-0.1, -0.05) is 31.7 Å². The molecule has 160 valence electrons. The summed E-state index contributed by atoms with van der Waals surface area (Å²) in [6.45, 7) is 2.37. The van der Waals surface area contributed by atoms with Gasteiger partial charge in [-0.15, -0.1) is 10.2 Å². The lowest BCUT2D eigenvalue weighted by Gasteiger charge is -2.14. The minimum Gasteiger partial charge on any atom is -0.493 e. The van der Waals surface area contributed by atoms with Crippen molar-refractivity contribution >= 4 is 17.7 Å². The average Bonchev–Trinajstić information content (AvgIpc) is 3.05. The Morgan fingerprint density at radius 3 is 2.69 bits per heavy atom. The number of halogens is 2. The summed E-state index contributed by atoms with van der Waals surface area (Å²) in [5, 5.41) is 12.0. The molecule has 0 saturated carbocycles. The highest BCUT2D eigenvalue weighted by Gasteiger charge is 2.20. The van der Waals surface area contributed by atoms with Crippen LogP contribution in [0.3, 0.4) is 0 Å². The van der Waals surface area contributed by atoms with Crippen molar-refractivity contribution in [2.75, 3.05) is 19.9 Å². The smallest absolute Gasteiger partial charge is 0.387 e. The molecule has 0 unspecified atom stereocenters. The molecule has 10 heteroatoms. The molecule has 0 aliphatic carbocycles. The standard InChI is InChI=1S/C19H26F2N4O3S/c1-12(2)11-25-15(23-24-19(25)29-4)9-6-10-22-17(26)13-7-5-8-14(27-3)16(13)28-18(20)21/h5,7-8,12,18H,6,9-11H2,1-4H3,(H,22,26). The van der Waals surface area contributed by atoms with Gasteiger partial charge < -0.3 is 19.4 Å². The molecule has 0 fully saturated rings. The third-order valence-electron chi connectivity index (χ3n) is 4.04. The molecule has 1 aromatic carbocycles. The van der Waals surface area contributed by atoms with Crippen LogP contribution in [0.2, 0.25) is 0 Å². The molecule has 0 saturated heterocycles. The van der Waals surface area contributed by atoms with Crippen LogP contribution in [-0.2, 0) is 13.0 Å². The van der Waals surface area contributed by atoms with E-state index < -0.39 is 12.5 Å². The first-order chi connectivity index (χ1) is 13.9. The molecule has 0 spiro atoms. The van der Waals surface area contributed by atoms with Crippen LogP contribution < -0.4 is 14.8 Å². The lowest BCUT2D eigenvalue weighted by atomic mass is 10.1. The van der Waals surface area contributed by atoms with E-state index in [0.717, 1.165) is 17.5 Å². The number of nitrogens with zero attached hydrogens (tertiary/aromatic N) is 3. The summed E-state index contributed by atoms with van der Waals surface area (Å²) in [6, 6.07) is 4.42. The number of aryl methyl sites for hydroxylation is 1. The number of aromatic nitrogens is 3. The summed E-state index contributed by atoms with van der Waals surface area (Å²) in [5.41, 5.74) is -0.00251. The molecule has 0 aliphatic rings. The molecule has 0 bridgehead atoms. The van der Waals surface area contributed by atoms with E-state index >= 15 is 0 Å². The zero-order chi connectivity index (χ0) is 21.4. The van der Waals surface area contributed by atoms with E-state index in [9.17, 15) is 13.6 Å². The van der Waals surface area contributed by atoms with Crippen LogP contribution in [0, 0.1) is 5.92 Å². The summed E-state index contributed by atoms with van der Waals surface area (Å²) >= 11 is 1.54. The zero-order valence-corrected chi connectivity index (χ0v) is 17.8. The second-order valence-corrected chi connectivity index (χ2v) is 7.46. The van der Waals surface area contributed by atoms with Crippen LogP contribution in [0.15, 0.2) is 23.4 Å².